The van der Waals surface area contributed by atoms with E-state index in [9.17, 15) is 5.11 Å². The number of hydrogen-bond donors (Lipinski definition) is 1. The molecule has 0 bridgehead atoms. The maximum absolute atomic E-state index is 10.4. The van der Waals surface area contributed by atoms with Gasteiger partial charge in [0.1, 0.15) is 11.9 Å². The second kappa shape index (κ2) is 6.29. The number of rotatable bonds is 4. The summed E-state index contributed by atoms with van der Waals surface area (Å²) in [5.41, 5.74) is 1.40. The highest BCUT2D eigenvalue weighted by molar-refractivity contribution is 6.34. The first-order valence-electron chi connectivity index (χ1n) is 5.97. The third-order valence-electron chi connectivity index (χ3n) is 2.69. The first-order valence-corrected chi connectivity index (χ1v) is 6.72. The predicted molar refractivity (Wildman–Crippen MR) is 78.1 cm³/mol. The molecule has 0 heterocycles. The van der Waals surface area contributed by atoms with Crippen molar-refractivity contribution in [1.29, 1.82) is 0 Å². The van der Waals surface area contributed by atoms with Crippen LogP contribution in [0.5, 0.6) is 5.75 Å². The van der Waals surface area contributed by atoms with E-state index in [4.69, 9.17) is 27.9 Å². The van der Waals surface area contributed by atoms with E-state index in [1.165, 1.54) is 0 Å². The molecule has 0 aliphatic rings. The summed E-state index contributed by atoms with van der Waals surface area (Å²) in [5, 5.41) is 11.4. The van der Waals surface area contributed by atoms with Crippen LogP contribution in [0.3, 0.4) is 0 Å². The zero-order valence-corrected chi connectivity index (χ0v) is 11.9. The zero-order chi connectivity index (χ0) is 13.8. The molecule has 0 aliphatic heterocycles. The predicted octanol–water partition coefficient (Wildman–Crippen LogP) is 4.47. The molecule has 2 aromatic carbocycles. The number of aliphatic hydroxyl groups excluding tert-OH is 1. The van der Waals surface area contributed by atoms with Crippen LogP contribution < -0.4 is 4.74 Å². The Morgan fingerprint density at radius 2 is 1.74 bits per heavy atom. The Hall–Kier alpha value is -1.22. The lowest BCUT2D eigenvalue weighted by atomic mass is 10.0. The Bertz CT molecular complexity index is 550. The topological polar surface area (TPSA) is 29.5 Å². The van der Waals surface area contributed by atoms with E-state index in [1.54, 1.807) is 18.2 Å². The van der Waals surface area contributed by atoms with Crippen molar-refractivity contribution in [2.45, 2.75) is 13.0 Å². The van der Waals surface area contributed by atoms with E-state index < -0.39 is 6.10 Å². The molecule has 2 nitrogen and oxygen atoms in total. The summed E-state index contributed by atoms with van der Waals surface area (Å²) in [6.45, 7) is 2.50. The van der Waals surface area contributed by atoms with Gasteiger partial charge in [-0.15, -0.1) is 0 Å². The normalized spacial score (nSPS) is 12.2. The molecule has 0 saturated heterocycles. The first kappa shape index (κ1) is 14.2. The molecule has 4 heteroatoms. The molecule has 0 radical (unpaired) electrons. The average Bonchev–Trinajstić information content (AvgIpc) is 2.37. The van der Waals surface area contributed by atoms with Crippen LogP contribution in [0.4, 0.5) is 0 Å². The molecule has 2 rings (SSSR count). The number of benzene rings is 2. The van der Waals surface area contributed by atoms with Crippen LogP contribution in [0.15, 0.2) is 42.5 Å². The van der Waals surface area contributed by atoms with Crippen molar-refractivity contribution >= 4 is 23.2 Å². The molecule has 1 atom stereocenters. The maximum Gasteiger partial charge on any atom is 0.119 e. The summed E-state index contributed by atoms with van der Waals surface area (Å²) in [6.07, 6.45) is -0.781. The van der Waals surface area contributed by atoms with Crippen molar-refractivity contribution in [1.82, 2.24) is 0 Å². The first-order chi connectivity index (χ1) is 9.10. The highest BCUT2D eigenvalue weighted by Crippen LogP contribution is 2.29. The fourth-order valence-electron chi connectivity index (χ4n) is 1.87. The van der Waals surface area contributed by atoms with Crippen LogP contribution in [-0.4, -0.2) is 11.7 Å². The number of aliphatic hydroxyl groups is 1. The van der Waals surface area contributed by atoms with Crippen LogP contribution in [0.2, 0.25) is 10.0 Å². The lowest BCUT2D eigenvalue weighted by molar-refractivity contribution is 0.219. The summed E-state index contributed by atoms with van der Waals surface area (Å²) in [4.78, 5) is 0. The largest absolute Gasteiger partial charge is 0.494 e. The molecule has 1 unspecified atom stereocenters. The second-order valence-corrected chi connectivity index (χ2v) is 4.98. The Morgan fingerprint density at radius 1 is 1.05 bits per heavy atom. The lowest BCUT2D eigenvalue weighted by Gasteiger charge is -2.13. The van der Waals surface area contributed by atoms with Gasteiger partial charge in [0.2, 0.25) is 0 Å². The van der Waals surface area contributed by atoms with Crippen molar-refractivity contribution in [2.75, 3.05) is 6.61 Å². The minimum absolute atomic E-state index is 0.502. The summed E-state index contributed by atoms with van der Waals surface area (Å²) < 4.78 is 5.42. The molecule has 0 spiro atoms. The van der Waals surface area contributed by atoms with Gasteiger partial charge in [0, 0.05) is 10.0 Å². The SMILES string of the molecule is CCOc1cccc(C(O)c2cc(Cl)cc(Cl)c2)c1. The van der Waals surface area contributed by atoms with Gasteiger partial charge in [-0.1, -0.05) is 35.3 Å². The van der Waals surface area contributed by atoms with Crippen LogP contribution in [-0.2, 0) is 0 Å². The number of ether oxygens (including phenoxy) is 1. The van der Waals surface area contributed by atoms with Crippen molar-refractivity contribution in [3.8, 4) is 5.75 Å². The van der Waals surface area contributed by atoms with E-state index in [1.807, 2.05) is 31.2 Å². The van der Waals surface area contributed by atoms with Crippen LogP contribution in [0, 0.1) is 0 Å². The zero-order valence-electron chi connectivity index (χ0n) is 10.4. The summed E-state index contributed by atoms with van der Waals surface area (Å²) in [6, 6.07) is 12.4. The number of halogens is 2. The molecule has 1 N–H and O–H groups in total. The van der Waals surface area contributed by atoms with Crippen molar-refractivity contribution in [2.24, 2.45) is 0 Å². The van der Waals surface area contributed by atoms with E-state index in [2.05, 4.69) is 0 Å². The minimum atomic E-state index is -0.781. The Balaban J connectivity index is 2.32. The molecule has 100 valence electrons. The lowest BCUT2D eigenvalue weighted by Crippen LogP contribution is -2.01. The van der Waals surface area contributed by atoms with Gasteiger partial charge in [-0.2, -0.15) is 0 Å². The Morgan fingerprint density at radius 3 is 2.37 bits per heavy atom. The van der Waals surface area contributed by atoms with Crippen molar-refractivity contribution in [3.05, 3.63) is 63.6 Å². The smallest absolute Gasteiger partial charge is 0.119 e. The molecule has 0 saturated carbocycles. The van der Waals surface area contributed by atoms with Gasteiger partial charge >= 0.3 is 0 Å². The maximum atomic E-state index is 10.4. The van der Waals surface area contributed by atoms with Gasteiger partial charge in [-0.25, -0.2) is 0 Å². The molecule has 0 aromatic heterocycles. The minimum Gasteiger partial charge on any atom is -0.494 e. The van der Waals surface area contributed by atoms with Gasteiger partial charge < -0.3 is 9.84 Å². The van der Waals surface area contributed by atoms with E-state index in [0.717, 1.165) is 11.3 Å². The fourth-order valence-corrected chi connectivity index (χ4v) is 2.41. The summed E-state index contributed by atoms with van der Waals surface area (Å²) >= 11 is 11.9. The van der Waals surface area contributed by atoms with Crippen LogP contribution >= 0.6 is 23.2 Å². The monoisotopic (exact) mass is 296 g/mol. The molecular formula is C15H14Cl2O2. The van der Waals surface area contributed by atoms with Gasteiger partial charge in [-0.3, -0.25) is 0 Å². The van der Waals surface area contributed by atoms with Crippen LogP contribution in [0.25, 0.3) is 0 Å². The third kappa shape index (κ3) is 3.63. The average molecular weight is 297 g/mol. The molecule has 0 amide bonds. The van der Waals surface area contributed by atoms with Gasteiger partial charge in [0.15, 0.2) is 0 Å². The van der Waals surface area contributed by atoms with Gasteiger partial charge in [0.05, 0.1) is 6.61 Å². The van der Waals surface area contributed by atoms with E-state index >= 15 is 0 Å². The molecular weight excluding hydrogens is 283 g/mol. The van der Waals surface area contributed by atoms with Gasteiger partial charge in [-0.05, 0) is 48.4 Å². The van der Waals surface area contributed by atoms with E-state index in [-0.39, 0.29) is 0 Å². The fraction of sp³-hybridized carbons (Fsp3) is 0.200. The van der Waals surface area contributed by atoms with E-state index in [0.29, 0.717) is 22.2 Å². The summed E-state index contributed by atoms with van der Waals surface area (Å²) in [7, 11) is 0. The molecule has 0 fully saturated rings. The summed E-state index contributed by atoms with van der Waals surface area (Å²) in [5.74, 6) is 0.729. The highest BCUT2D eigenvalue weighted by Gasteiger charge is 2.12. The van der Waals surface area contributed by atoms with Gasteiger partial charge in [0.25, 0.3) is 0 Å². The van der Waals surface area contributed by atoms with Crippen molar-refractivity contribution in [3.63, 3.8) is 0 Å². The second-order valence-electron chi connectivity index (χ2n) is 4.11. The van der Waals surface area contributed by atoms with Crippen LogP contribution in [0.1, 0.15) is 24.2 Å². The standard InChI is InChI=1S/C15H14Cl2O2/c1-2-19-14-5-3-4-10(8-14)15(18)11-6-12(16)9-13(17)7-11/h3-9,15,18H,2H2,1H3. The quantitative estimate of drug-likeness (QED) is 0.902. The molecule has 2 aromatic rings. The third-order valence-corrected chi connectivity index (χ3v) is 3.12. The molecule has 0 aliphatic carbocycles. The molecule has 19 heavy (non-hydrogen) atoms. The highest BCUT2D eigenvalue weighted by atomic mass is 35.5. The number of hydrogen-bond acceptors (Lipinski definition) is 2. The Labute approximate surface area is 122 Å². The van der Waals surface area contributed by atoms with Crippen molar-refractivity contribution < 1.29 is 9.84 Å². The Kier molecular flexibility index (Phi) is 4.70.